The highest BCUT2D eigenvalue weighted by molar-refractivity contribution is 6.30. The first-order valence-corrected chi connectivity index (χ1v) is 15.7. The third-order valence-corrected chi connectivity index (χ3v) is 9.07. The summed E-state index contributed by atoms with van der Waals surface area (Å²) in [7, 11) is 0. The Morgan fingerprint density at radius 1 is 1.02 bits per heavy atom. The number of benzene rings is 3. The predicted molar refractivity (Wildman–Crippen MR) is 175 cm³/mol. The van der Waals surface area contributed by atoms with Crippen molar-refractivity contribution in [2.75, 3.05) is 10.8 Å². The zero-order valence-electron chi connectivity index (χ0n) is 24.7. The number of amides is 2. The fourth-order valence-corrected chi connectivity index (χ4v) is 6.55. The van der Waals surface area contributed by atoms with E-state index in [1.807, 2.05) is 38.1 Å². The van der Waals surface area contributed by atoms with Crippen LogP contribution in [0, 0.1) is 24.7 Å². The number of rotatable bonds is 8. The molecule has 0 spiro atoms. The molecule has 228 valence electrons. The molecule has 2 heterocycles. The van der Waals surface area contributed by atoms with Gasteiger partial charge in [0.25, 0.3) is 0 Å². The first-order valence-electron chi connectivity index (χ1n) is 14.8. The van der Waals surface area contributed by atoms with Crippen LogP contribution in [0.3, 0.4) is 0 Å². The van der Waals surface area contributed by atoms with Crippen LogP contribution < -0.4 is 4.90 Å². The number of esters is 1. The Bertz CT molecular complexity index is 1850. The summed E-state index contributed by atoms with van der Waals surface area (Å²) < 4.78 is 5.81. The minimum absolute atomic E-state index is 0.00166. The normalized spacial score (nSPS) is 19.9. The van der Waals surface area contributed by atoms with Crippen molar-refractivity contribution in [3.63, 3.8) is 0 Å². The second-order valence-electron chi connectivity index (χ2n) is 11.5. The molecular weight excluding hydrogens is 611 g/mol. The molecule has 3 aromatic carbocycles. The topological polar surface area (TPSA) is 93.6 Å². The fourth-order valence-electron chi connectivity index (χ4n) is 6.23. The Morgan fingerprint density at radius 2 is 1.76 bits per heavy atom. The summed E-state index contributed by atoms with van der Waals surface area (Å²) in [5.74, 6) is -2.00. The van der Waals surface area contributed by atoms with E-state index in [1.165, 1.54) is 4.90 Å². The van der Waals surface area contributed by atoms with Gasteiger partial charge in [0.1, 0.15) is 0 Å². The second-order valence-corrected chi connectivity index (χ2v) is 12.3. The lowest BCUT2D eigenvalue weighted by Crippen LogP contribution is -2.31. The summed E-state index contributed by atoms with van der Waals surface area (Å²) in [5, 5.41) is 1.07. The van der Waals surface area contributed by atoms with Gasteiger partial charge in [-0.25, -0.2) is 9.78 Å². The Kier molecular flexibility index (Phi) is 8.58. The van der Waals surface area contributed by atoms with E-state index >= 15 is 0 Å². The number of fused-ring (bicyclic) bond motifs is 2. The van der Waals surface area contributed by atoms with Gasteiger partial charge in [0.2, 0.25) is 17.6 Å². The van der Waals surface area contributed by atoms with Gasteiger partial charge in [-0.1, -0.05) is 61.0 Å². The number of aromatic nitrogens is 1. The van der Waals surface area contributed by atoms with Gasteiger partial charge >= 0.3 is 5.97 Å². The van der Waals surface area contributed by atoms with E-state index < -0.39 is 12.1 Å². The van der Waals surface area contributed by atoms with Gasteiger partial charge in [0, 0.05) is 33.8 Å². The number of hydrogen-bond donors (Lipinski definition) is 0. The molecule has 1 fully saturated rings. The molecule has 9 heteroatoms. The first kappa shape index (κ1) is 30.7. The van der Waals surface area contributed by atoms with Gasteiger partial charge in [0.05, 0.1) is 34.3 Å². The molecule has 45 heavy (non-hydrogen) atoms. The highest BCUT2D eigenvalue weighted by Gasteiger charge is 2.50. The maximum absolute atomic E-state index is 13.7. The van der Waals surface area contributed by atoms with Gasteiger partial charge in [-0.2, -0.15) is 0 Å². The SMILES string of the molecule is Cc1cccc2c(C(=O)OC(CCCl)C(=O)c3ccc(Cl)cc3)cc(-c3ccc(N4C(=O)C5CC=CC(C)C5C4=O)cc3)nc12. The van der Waals surface area contributed by atoms with E-state index in [1.54, 1.807) is 60.7 Å². The highest BCUT2D eigenvalue weighted by Crippen LogP contribution is 2.41. The Morgan fingerprint density at radius 3 is 2.44 bits per heavy atom. The number of carbonyl (C=O) groups excluding carboxylic acids is 4. The van der Waals surface area contributed by atoms with Crippen molar-refractivity contribution in [3.8, 4) is 11.3 Å². The average molecular weight is 642 g/mol. The molecule has 6 rings (SSSR count). The molecule has 1 saturated heterocycles. The van der Waals surface area contributed by atoms with Crippen molar-refractivity contribution in [2.24, 2.45) is 17.8 Å². The van der Waals surface area contributed by atoms with Gasteiger partial charge in [0.15, 0.2) is 6.10 Å². The number of allylic oxidation sites excluding steroid dienone is 2. The van der Waals surface area contributed by atoms with E-state index in [0.717, 1.165) is 5.56 Å². The lowest BCUT2D eigenvalue weighted by molar-refractivity contribution is -0.122. The molecule has 7 nitrogen and oxygen atoms in total. The standard InChI is InChI=1S/C36H30Cl2N2O5/c1-20-5-3-8-27-31(20)35(43)40(34(27)42)25-15-11-22(12-16-25)29-19-28(26-7-4-6-21(2)32(26)39-29)36(44)45-30(17-18-37)33(41)23-9-13-24(38)14-10-23/h3-7,9-16,19-20,27,30-31H,8,17-18H2,1-2H3. The Hall–Kier alpha value is -4.33. The van der Waals surface area contributed by atoms with E-state index in [2.05, 4.69) is 0 Å². The number of alkyl halides is 1. The van der Waals surface area contributed by atoms with Gasteiger partial charge in [-0.05, 0) is 67.3 Å². The summed E-state index contributed by atoms with van der Waals surface area (Å²) in [6.07, 6.45) is 3.58. The summed E-state index contributed by atoms with van der Waals surface area (Å²) in [4.78, 5) is 59.6. The molecule has 1 aliphatic heterocycles. The zero-order chi connectivity index (χ0) is 31.8. The monoisotopic (exact) mass is 640 g/mol. The minimum atomic E-state index is -1.09. The molecule has 4 aromatic rings. The summed E-state index contributed by atoms with van der Waals surface area (Å²) in [6, 6.07) is 20.5. The molecule has 0 N–H and O–H groups in total. The lowest BCUT2D eigenvalue weighted by atomic mass is 9.78. The number of para-hydroxylation sites is 1. The third kappa shape index (κ3) is 5.78. The number of nitrogens with zero attached hydrogens (tertiary/aromatic N) is 2. The van der Waals surface area contributed by atoms with Crippen LogP contribution in [0.15, 0.2) is 84.9 Å². The van der Waals surface area contributed by atoms with Crippen LogP contribution in [0.4, 0.5) is 5.69 Å². The largest absolute Gasteiger partial charge is 0.450 e. The van der Waals surface area contributed by atoms with E-state index in [4.69, 9.17) is 32.9 Å². The number of hydrogen-bond acceptors (Lipinski definition) is 6. The number of Topliss-reactive ketones (excluding diaryl/α,β-unsaturated/α-hetero) is 1. The predicted octanol–water partition coefficient (Wildman–Crippen LogP) is 7.60. The number of carbonyl (C=O) groups is 4. The molecule has 1 aromatic heterocycles. The van der Waals surface area contributed by atoms with Crippen LogP contribution >= 0.6 is 23.2 Å². The number of aryl methyl sites for hydroxylation is 1. The maximum Gasteiger partial charge on any atom is 0.339 e. The van der Waals surface area contributed by atoms with Crippen molar-refractivity contribution < 1.29 is 23.9 Å². The van der Waals surface area contributed by atoms with Crippen LogP contribution in [0.2, 0.25) is 5.02 Å². The number of halogens is 2. The van der Waals surface area contributed by atoms with Crippen LogP contribution in [-0.4, -0.2) is 40.5 Å². The molecule has 0 saturated carbocycles. The van der Waals surface area contributed by atoms with Crippen molar-refractivity contribution in [1.29, 1.82) is 0 Å². The smallest absolute Gasteiger partial charge is 0.339 e. The Balaban J connectivity index is 1.32. The minimum Gasteiger partial charge on any atom is -0.450 e. The molecular formula is C36H30Cl2N2O5. The number of ketones is 1. The molecule has 0 radical (unpaired) electrons. The van der Waals surface area contributed by atoms with Crippen LogP contribution in [0.1, 0.15) is 46.0 Å². The van der Waals surface area contributed by atoms with Gasteiger partial charge in [-0.3, -0.25) is 19.3 Å². The van der Waals surface area contributed by atoms with Crippen LogP contribution in [-0.2, 0) is 14.3 Å². The second kappa shape index (κ2) is 12.6. The molecule has 0 bridgehead atoms. The number of anilines is 1. The molecule has 2 amide bonds. The van der Waals surface area contributed by atoms with E-state index in [0.29, 0.717) is 44.9 Å². The van der Waals surface area contributed by atoms with E-state index in [9.17, 15) is 19.2 Å². The fraction of sp³-hybridized carbons (Fsp3) is 0.250. The van der Waals surface area contributed by atoms with Crippen molar-refractivity contribution in [2.45, 2.75) is 32.8 Å². The summed E-state index contributed by atoms with van der Waals surface area (Å²) in [6.45, 7) is 3.87. The lowest BCUT2D eigenvalue weighted by Gasteiger charge is -2.22. The van der Waals surface area contributed by atoms with Crippen molar-refractivity contribution in [3.05, 3.63) is 107 Å². The zero-order valence-corrected chi connectivity index (χ0v) is 26.2. The summed E-state index contributed by atoms with van der Waals surface area (Å²) in [5.41, 5.74) is 3.75. The molecule has 2 aliphatic rings. The van der Waals surface area contributed by atoms with E-state index in [-0.39, 0.29) is 53.2 Å². The van der Waals surface area contributed by atoms with Crippen molar-refractivity contribution in [1.82, 2.24) is 4.98 Å². The third-order valence-electron chi connectivity index (χ3n) is 8.60. The Labute approximate surface area is 270 Å². The van der Waals surface area contributed by atoms with Crippen LogP contribution in [0.5, 0.6) is 0 Å². The molecule has 4 atom stereocenters. The maximum atomic E-state index is 13.7. The first-order chi connectivity index (χ1) is 21.7. The number of ether oxygens (including phenoxy) is 1. The number of pyridine rings is 1. The van der Waals surface area contributed by atoms with Crippen molar-refractivity contribution >= 4 is 63.4 Å². The molecule has 4 unspecified atom stereocenters. The van der Waals surface area contributed by atoms with Crippen LogP contribution in [0.25, 0.3) is 22.2 Å². The van der Waals surface area contributed by atoms with Gasteiger partial charge in [-0.15, -0.1) is 11.6 Å². The van der Waals surface area contributed by atoms with Gasteiger partial charge < -0.3 is 4.74 Å². The molecule has 1 aliphatic carbocycles. The quantitative estimate of drug-likeness (QED) is 0.0647. The summed E-state index contributed by atoms with van der Waals surface area (Å²) >= 11 is 12.0. The number of imide groups is 1. The average Bonchev–Trinajstić information content (AvgIpc) is 3.30. The highest BCUT2D eigenvalue weighted by atomic mass is 35.5.